The summed E-state index contributed by atoms with van der Waals surface area (Å²) in [6.45, 7) is 1.80. The maximum Gasteiger partial charge on any atom is 0.263 e. The highest BCUT2D eigenvalue weighted by Crippen LogP contribution is 2.20. The van der Waals surface area contributed by atoms with E-state index in [-0.39, 0.29) is 12.5 Å². The van der Waals surface area contributed by atoms with Crippen molar-refractivity contribution in [1.29, 1.82) is 0 Å². The topological polar surface area (TPSA) is 77.2 Å². The van der Waals surface area contributed by atoms with E-state index >= 15 is 0 Å². The van der Waals surface area contributed by atoms with Crippen molar-refractivity contribution >= 4 is 33.3 Å². The first-order valence-electron chi connectivity index (χ1n) is 5.95. The van der Waals surface area contributed by atoms with Crippen molar-refractivity contribution in [1.82, 2.24) is 4.98 Å². The van der Waals surface area contributed by atoms with Crippen molar-refractivity contribution in [2.24, 2.45) is 0 Å². The average molecular weight is 336 g/mol. The number of carbonyl (C=O) groups is 1. The summed E-state index contributed by atoms with van der Waals surface area (Å²) >= 11 is 3.35. The second-order valence-corrected chi connectivity index (χ2v) is 5.05. The lowest BCUT2D eigenvalue weighted by Gasteiger charge is -2.09. The van der Waals surface area contributed by atoms with Crippen LogP contribution in [-0.4, -0.2) is 17.5 Å². The van der Waals surface area contributed by atoms with Gasteiger partial charge in [-0.3, -0.25) is 4.79 Å². The smallest absolute Gasteiger partial charge is 0.263 e. The summed E-state index contributed by atoms with van der Waals surface area (Å²) < 4.78 is 6.24. The molecule has 5 nitrogen and oxygen atoms in total. The molecule has 0 aliphatic carbocycles. The molecule has 20 heavy (non-hydrogen) atoms. The Morgan fingerprint density at radius 3 is 2.90 bits per heavy atom. The summed E-state index contributed by atoms with van der Waals surface area (Å²) in [5.74, 6) is 0.686. The number of carbonyl (C=O) groups excluding carboxylic acids is 1. The maximum absolute atomic E-state index is 11.8. The quantitative estimate of drug-likeness (QED) is 0.842. The molecule has 3 N–H and O–H groups in total. The molecular formula is C14H14BrN3O2. The van der Waals surface area contributed by atoms with Crippen LogP contribution in [0.4, 0.5) is 11.5 Å². The molecule has 0 unspecified atom stereocenters. The number of nitrogens with zero attached hydrogens (tertiary/aromatic N) is 1. The molecule has 1 aromatic carbocycles. The lowest BCUT2D eigenvalue weighted by Crippen LogP contribution is -2.21. The Labute approximate surface area is 125 Å². The number of nitrogens with two attached hydrogens (primary N) is 1. The van der Waals surface area contributed by atoms with E-state index in [0.717, 1.165) is 10.0 Å². The molecule has 0 atom stereocenters. The summed E-state index contributed by atoms with van der Waals surface area (Å²) in [7, 11) is 0. The molecule has 0 saturated carbocycles. The van der Waals surface area contributed by atoms with Gasteiger partial charge in [0.05, 0.1) is 5.69 Å². The average Bonchev–Trinajstić information content (AvgIpc) is 2.42. The summed E-state index contributed by atoms with van der Waals surface area (Å²) in [6, 6.07) is 8.80. The van der Waals surface area contributed by atoms with Gasteiger partial charge >= 0.3 is 0 Å². The molecule has 6 heteroatoms. The Bertz CT molecular complexity index is 632. The fourth-order valence-corrected chi connectivity index (χ4v) is 1.76. The van der Waals surface area contributed by atoms with Gasteiger partial charge in [0.2, 0.25) is 0 Å². The largest absolute Gasteiger partial charge is 0.482 e. The predicted octanol–water partition coefficient (Wildman–Crippen LogP) is 2.75. The lowest BCUT2D eigenvalue weighted by atomic mass is 10.3. The van der Waals surface area contributed by atoms with Crippen LogP contribution in [0.5, 0.6) is 5.75 Å². The molecule has 0 aliphatic rings. The molecule has 1 amide bonds. The molecule has 1 aromatic heterocycles. The monoisotopic (exact) mass is 335 g/mol. The van der Waals surface area contributed by atoms with Gasteiger partial charge in [0.15, 0.2) is 6.61 Å². The number of pyridine rings is 1. The van der Waals surface area contributed by atoms with Gasteiger partial charge in [-0.1, -0.05) is 12.1 Å². The van der Waals surface area contributed by atoms with E-state index in [9.17, 15) is 4.79 Å². The van der Waals surface area contributed by atoms with Crippen molar-refractivity contribution in [2.45, 2.75) is 6.92 Å². The minimum Gasteiger partial charge on any atom is -0.482 e. The summed E-state index contributed by atoms with van der Waals surface area (Å²) in [4.78, 5) is 15.9. The summed E-state index contributed by atoms with van der Waals surface area (Å²) in [5, 5.41) is 2.66. The minimum absolute atomic E-state index is 0.120. The molecule has 0 aliphatic heterocycles. The number of aromatic nitrogens is 1. The van der Waals surface area contributed by atoms with Crippen LogP contribution in [0, 0.1) is 6.92 Å². The molecule has 0 fully saturated rings. The zero-order chi connectivity index (χ0) is 14.5. The van der Waals surface area contributed by atoms with E-state index in [0.29, 0.717) is 17.3 Å². The van der Waals surface area contributed by atoms with Gasteiger partial charge in [0.1, 0.15) is 11.6 Å². The zero-order valence-corrected chi connectivity index (χ0v) is 12.5. The van der Waals surface area contributed by atoms with Gasteiger partial charge in [0.25, 0.3) is 5.91 Å². The number of hydrogen-bond donors (Lipinski definition) is 2. The maximum atomic E-state index is 11.8. The van der Waals surface area contributed by atoms with Crippen LogP contribution < -0.4 is 15.8 Å². The van der Waals surface area contributed by atoms with E-state index in [4.69, 9.17) is 10.5 Å². The molecule has 104 valence electrons. The Morgan fingerprint density at radius 1 is 1.45 bits per heavy atom. The van der Waals surface area contributed by atoms with Crippen LogP contribution in [0.25, 0.3) is 0 Å². The first-order chi connectivity index (χ1) is 9.56. The van der Waals surface area contributed by atoms with Crippen molar-refractivity contribution in [3.8, 4) is 5.75 Å². The van der Waals surface area contributed by atoms with Gasteiger partial charge < -0.3 is 15.8 Å². The Balaban J connectivity index is 1.93. The van der Waals surface area contributed by atoms with E-state index in [1.807, 2.05) is 6.92 Å². The number of rotatable bonds is 4. The van der Waals surface area contributed by atoms with E-state index in [2.05, 4.69) is 26.2 Å². The van der Waals surface area contributed by atoms with Gasteiger partial charge in [-0.15, -0.1) is 0 Å². The number of halogens is 1. The van der Waals surface area contributed by atoms with Crippen molar-refractivity contribution < 1.29 is 9.53 Å². The van der Waals surface area contributed by atoms with Crippen LogP contribution in [-0.2, 0) is 4.79 Å². The normalized spacial score (nSPS) is 10.1. The third-order valence-electron chi connectivity index (χ3n) is 2.59. The highest BCUT2D eigenvalue weighted by Gasteiger charge is 2.07. The fraction of sp³-hybridized carbons (Fsp3) is 0.143. The molecule has 0 saturated heterocycles. The summed E-state index contributed by atoms with van der Waals surface area (Å²) in [5.41, 5.74) is 7.21. The van der Waals surface area contributed by atoms with Crippen LogP contribution in [0.3, 0.4) is 0 Å². The van der Waals surface area contributed by atoms with Crippen LogP contribution in [0.2, 0.25) is 0 Å². The number of anilines is 2. The van der Waals surface area contributed by atoms with Crippen molar-refractivity contribution in [3.63, 3.8) is 0 Å². The standard InChI is InChI=1S/C14H14BrN3O2/c1-9-6-13(17-7-10(9)15)18-14(19)8-20-12-5-3-2-4-11(12)16/h2-7H,8,16H2,1H3,(H,17,18,19). The second kappa shape index (κ2) is 6.38. The molecule has 2 aromatic rings. The minimum atomic E-state index is -0.289. The number of para-hydroxylation sites is 2. The number of aryl methyl sites for hydroxylation is 1. The number of nitrogen functional groups attached to an aromatic ring is 1. The highest BCUT2D eigenvalue weighted by molar-refractivity contribution is 9.10. The van der Waals surface area contributed by atoms with Crippen molar-refractivity contribution in [3.05, 3.63) is 46.6 Å². The van der Waals surface area contributed by atoms with E-state index in [1.54, 1.807) is 36.5 Å². The highest BCUT2D eigenvalue weighted by atomic mass is 79.9. The first kappa shape index (κ1) is 14.3. The number of benzene rings is 1. The van der Waals surface area contributed by atoms with Crippen molar-refractivity contribution in [2.75, 3.05) is 17.7 Å². The molecule has 2 rings (SSSR count). The Hall–Kier alpha value is -2.08. The molecule has 0 spiro atoms. The number of amides is 1. The van der Waals surface area contributed by atoms with Gasteiger partial charge in [0, 0.05) is 10.7 Å². The third-order valence-corrected chi connectivity index (χ3v) is 3.42. The number of hydrogen-bond acceptors (Lipinski definition) is 4. The third kappa shape index (κ3) is 3.71. The first-order valence-corrected chi connectivity index (χ1v) is 6.75. The molecule has 1 heterocycles. The fourth-order valence-electron chi connectivity index (χ4n) is 1.54. The van der Waals surface area contributed by atoms with Crippen LogP contribution in [0.15, 0.2) is 41.0 Å². The SMILES string of the molecule is Cc1cc(NC(=O)COc2ccccc2N)ncc1Br. The lowest BCUT2D eigenvalue weighted by molar-refractivity contribution is -0.118. The molecule has 0 bridgehead atoms. The van der Waals surface area contributed by atoms with Crippen LogP contribution in [0.1, 0.15) is 5.56 Å². The van der Waals surface area contributed by atoms with Crippen LogP contribution >= 0.6 is 15.9 Å². The van der Waals surface area contributed by atoms with Gasteiger partial charge in [-0.25, -0.2) is 4.98 Å². The predicted molar refractivity (Wildman–Crippen MR) is 81.7 cm³/mol. The zero-order valence-electron chi connectivity index (χ0n) is 10.9. The number of nitrogens with one attached hydrogen (secondary N) is 1. The molecular weight excluding hydrogens is 322 g/mol. The molecule has 0 radical (unpaired) electrons. The second-order valence-electron chi connectivity index (χ2n) is 4.19. The summed E-state index contributed by atoms with van der Waals surface area (Å²) in [6.07, 6.45) is 1.64. The van der Waals surface area contributed by atoms with E-state index in [1.165, 1.54) is 0 Å². The Kier molecular flexibility index (Phi) is 4.57. The van der Waals surface area contributed by atoms with Gasteiger partial charge in [-0.05, 0) is 46.6 Å². The van der Waals surface area contributed by atoms with E-state index < -0.39 is 0 Å². The number of ether oxygens (including phenoxy) is 1. The van der Waals surface area contributed by atoms with Gasteiger partial charge in [-0.2, -0.15) is 0 Å². The Morgan fingerprint density at radius 2 is 2.20 bits per heavy atom.